The maximum atomic E-state index is 12.3. The summed E-state index contributed by atoms with van der Waals surface area (Å²) in [4.78, 5) is 12.3. The molecule has 0 aromatic carbocycles. The third kappa shape index (κ3) is 39.9. The minimum absolute atomic E-state index is 0.0725. The molecule has 302 valence electrons. The van der Waals surface area contributed by atoms with Crippen LogP contribution in [0.25, 0.3) is 0 Å². The number of nitrogens with one attached hydrogen (secondary N) is 1. The van der Waals surface area contributed by atoms with E-state index in [-0.39, 0.29) is 12.5 Å². The van der Waals surface area contributed by atoms with Crippen LogP contribution in [0.4, 0.5) is 0 Å². The number of unbranched alkanes of at least 4 members (excludes halogenated alkanes) is 33. The van der Waals surface area contributed by atoms with E-state index in [2.05, 4.69) is 31.3 Å². The first-order valence-electron chi connectivity index (χ1n) is 23.1. The molecule has 0 aliphatic carbocycles. The van der Waals surface area contributed by atoms with Gasteiger partial charge in [0.25, 0.3) is 0 Å². The Kier molecular flexibility index (Phi) is 42.3. The number of hydrogen-bond acceptors (Lipinski definition) is 3. The zero-order chi connectivity index (χ0) is 37.1. The van der Waals surface area contributed by atoms with Crippen LogP contribution in [0, 0.1) is 0 Å². The van der Waals surface area contributed by atoms with Gasteiger partial charge in [0, 0.05) is 6.42 Å². The lowest BCUT2D eigenvalue weighted by Crippen LogP contribution is -2.45. The second kappa shape index (κ2) is 43.3. The first kappa shape index (κ1) is 49.9. The van der Waals surface area contributed by atoms with Crippen LogP contribution in [-0.4, -0.2) is 34.9 Å². The fraction of sp³-hybridized carbons (Fsp3) is 0.894. The lowest BCUT2D eigenvalue weighted by molar-refractivity contribution is -0.123. The van der Waals surface area contributed by atoms with Gasteiger partial charge in [0.2, 0.25) is 5.91 Å². The van der Waals surface area contributed by atoms with E-state index < -0.39 is 12.1 Å². The molecule has 0 heterocycles. The van der Waals surface area contributed by atoms with E-state index in [1.54, 1.807) is 6.08 Å². The second-order valence-electron chi connectivity index (χ2n) is 15.8. The average Bonchev–Trinajstić information content (AvgIpc) is 3.13. The van der Waals surface area contributed by atoms with E-state index in [1.807, 2.05) is 6.08 Å². The third-order valence-corrected chi connectivity index (χ3v) is 10.7. The Morgan fingerprint density at radius 1 is 0.451 bits per heavy atom. The summed E-state index contributed by atoms with van der Waals surface area (Å²) in [6, 6.07) is -0.633. The standard InChI is InChI=1S/C47H91NO3/c1-3-5-7-9-11-13-14-15-16-17-18-19-20-21-22-23-24-25-26-27-28-29-30-31-32-33-35-37-39-41-43-47(51)48-45(44-49)46(50)42-40-38-36-34-12-10-8-6-4-2/h12,34,40,42,45-46,49-50H,3-11,13-33,35-39,41,43-44H2,1-2H3,(H,48,51)/b34-12+,42-40+. The van der Waals surface area contributed by atoms with Crippen molar-refractivity contribution >= 4 is 5.91 Å². The van der Waals surface area contributed by atoms with Gasteiger partial charge in [0.05, 0.1) is 18.8 Å². The Balaban J connectivity index is 3.39. The largest absolute Gasteiger partial charge is 0.394 e. The number of carbonyl (C=O) groups is 1. The van der Waals surface area contributed by atoms with E-state index in [4.69, 9.17) is 0 Å². The molecule has 0 saturated carbocycles. The Labute approximate surface area is 319 Å². The van der Waals surface area contributed by atoms with Crippen LogP contribution in [0.3, 0.4) is 0 Å². The minimum atomic E-state index is -0.856. The molecule has 0 saturated heterocycles. The maximum absolute atomic E-state index is 12.3. The van der Waals surface area contributed by atoms with Crippen LogP contribution in [0.2, 0.25) is 0 Å². The molecule has 51 heavy (non-hydrogen) atoms. The van der Waals surface area contributed by atoms with E-state index in [0.717, 1.165) is 32.1 Å². The highest BCUT2D eigenvalue weighted by molar-refractivity contribution is 5.76. The molecule has 3 N–H and O–H groups in total. The number of allylic oxidation sites excluding steroid dienone is 3. The molecule has 0 bridgehead atoms. The number of hydrogen-bond donors (Lipinski definition) is 3. The fourth-order valence-corrected chi connectivity index (χ4v) is 7.14. The lowest BCUT2D eigenvalue weighted by Gasteiger charge is -2.19. The summed E-state index contributed by atoms with van der Waals surface area (Å²) in [6.07, 6.45) is 56.1. The maximum Gasteiger partial charge on any atom is 0.220 e. The number of carbonyl (C=O) groups excluding carboxylic acids is 1. The van der Waals surface area contributed by atoms with Crippen molar-refractivity contribution in [2.24, 2.45) is 0 Å². The van der Waals surface area contributed by atoms with E-state index in [1.165, 1.54) is 199 Å². The first-order chi connectivity index (χ1) is 25.2. The molecular weight excluding hydrogens is 627 g/mol. The van der Waals surface area contributed by atoms with Crippen LogP contribution in [0.15, 0.2) is 24.3 Å². The average molecular weight is 718 g/mol. The van der Waals surface area contributed by atoms with Crippen molar-refractivity contribution in [3.8, 4) is 0 Å². The Bertz CT molecular complexity index is 735. The van der Waals surface area contributed by atoms with Crippen molar-refractivity contribution in [2.75, 3.05) is 6.61 Å². The summed E-state index contributed by atoms with van der Waals surface area (Å²) in [5.74, 6) is -0.0725. The minimum Gasteiger partial charge on any atom is -0.394 e. The van der Waals surface area contributed by atoms with Gasteiger partial charge in [-0.2, -0.15) is 0 Å². The zero-order valence-corrected chi connectivity index (χ0v) is 34.6. The summed E-state index contributed by atoms with van der Waals surface area (Å²) >= 11 is 0. The highest BCUT2D eigenvalue weighted by Crippen LogP contribution is 2.17. The van der Waals surface area contributed by atoms with Crippen molar-refractivity contribution in [1.82, 2.24) is 5.32 Å². The van der Waals surface area contributed by atoms with Gasteiger partial charge in [0.15, 0.2) is 0 Å². The Morgan fingerprint density at radius 2 is 0.765 bits per heavy atom. The van der Waals surface area contributed by atoms with Crippen molar-refractivity contribution < 1.29 is 15.0 Å². The van der Waals surface area contributed by atoms with Crippen LogP contribution >= 0.6 is 0 Å². The molecule has 0 aliphatic heterocycles. The zero-order valence-electron chi connectivity index (χ0n) is 34.6. The first-order valence-corrected chi connectivity index (χ1v) is 23.1. The summed E-state index contributed by atoms with van der Waals surface area (Å²) in [7, 11) is 0. The molecule has 2 atom stereocenters. The lowest BCUT2D eigenvalue weighted by atomic mass is 10.0. The van der Waals surface area contributed by atoms with Crippen molar-refractivity contribution in [3.63, 3.8) is 0 Å². The van der Waals surface area contributed by atoms with Gasteiger partial charge in [-0.05, 0) is 32.1 Å². The highest BCUT2D eigenvalue weighted by atomic mass is 16.3. The molecule has 0 rings (SSSR count). The molecule has 4 heteroatoms. The number of aliphatic hydroxyl groups excluding tert-OH is 2. The van der Waals surface area contributed by atoms with Crippen LogP contribution in [0.1, 0.15) is 251 Å². The smallest absolute Gasteiger partial charge is 0.220 e. The molecule has 0 aliphatic rings. The Morgan fingerprint density at radius 3 is 1.14 bits per heavy atom. The molecule has 0 spiro atoms. The normalized spacial score (nSPS) is 13.1. The van der Waals surface area contributed by atoms with Crippen LogP contribution in [0.5, 0.6) is 0 Å². The molecule has 0 fully saturated rings. The Hall–Kier alpha value is -1.13. The third-order valence-electron chi connectivity index (χ3n) is 10.7. The van der Waals surface area contributed by atoms with E-state index in [0.29, 0.717) is 6.42 Å². The van der Waals surface area contributed by atoms with Gasteiger partial charge in [0.1, 0.15) is 0 Å². The van der Waals surface area contributed by atoms with Gasteiger partial charge >= 0.3 is 0 Å². The van der Waals surface area contributed by atoms with Crippen molar-refractivity contribution in [2.45, 2.75) is 264 Å². The van der Waals surface area contributed by atoms with Gasteiger partial charge in [-0.15, -0.1) is 0 Å². The van der Waals surface area contributed by atoms with Crippen LogP contribution < -0.4 is 5.32 Å². The molecule has 0 radical (unpaired) electrons. The quantitative estimate of drug-likeness (QED) is 0.0435. The van der Waals surface area contributed by atoms with E-state index >= 15 is 0 Å². The summed E-state index contributed by atoms with van der Waals surface area (Å²) < 4.78 is 0. The fourth-order valence-electron chi connectivity index (χ4n) is 7.14. The van der Waals surface area contributed by atoms with Gasteiger partial charge in [-0.25, -0.2) is 0 Å². The SMILES string of the molecule is CCCCC/C=C/CC/C=C/C(O)C(CO)NC(=O)CCCCCCCCCCCCCCCCCCCCCCCCCCCCCCCC. The predicted molar refractivity (Wildman–Crippen MR) is 225 cm³/mol. The van der Waals surface area contributed by atoms with Crippen LogP contribution in [-0.2, 0) is 4.79 Å². The van der Waals surface area contributed by atoms with Gasteiger partial charge < -0.3 is 15.5 Å². The molecule has 0 aromatic heterocycles. The summed E-state index contributed by atoms with van der Waals surface area (Å²) in [5.41, 5.74) is 0. The highest BCUT2D eigenvalue weighted by Gasteiger charge is 2.17. The number of rotatable bonds is 42. The number of aliphatic hydroxyl groups is 2. The molecule has 4 nitrogen and oxygen atoms in total. The summed E-state index contributed by atoms with van der Waals surface area (Å²) in [6.45, 7) is 4.26. The van der Waals surface area contributed by atoms with Crippen molar-refractivity contribution in [1.29, 1.82) is 0 Å². The molecule has 1 amide bonds. The summed E-state index contributed by atoms with van der Waals surface area (Å²) in [5, 5.41) is 22.8. The van der Waals surface area contributed by atoms with E-state index in [9.17, 15) is 15.0 Å². The topological polar surface area (TPSA) is 69.6 Å². The van der Waals surface area contributed by atoms with Gasteiger partial charge in [-0.3, -0.25) is 4.79 Å². The predicted octanol–water partition coefficient (Wildman–Crippen LogP) is 14.4. The monoisotopic (exact) mass is 718 g/mol. The number of amides is 1. The molecular formula is C47H91NO3. The molecule has 0 aromatic rings. The molecule has 2 unspecified atom stereocenters. The van der Waals surface area contributed by atoms with Crippen molar-refractivity contribution in [3.05, 3.63) is 24.3 Å². The van der Waals surface area contributed by atoms with Gasteiger partial charge in [-0.1, -0.05) is 237 Å². The second-order valence-corrected chi connectivity index (χ2v) is 15.8.